The summed E-state index contributed by atoms with van der Waals surface area (Å²) in [5.41, 5.74) is 0.895. The summed E-state index contributed by atoms with van der Waals surface area (Å²) in [5.74, 6) is 0.883. The Morgan fingerprint density at radius 2 is 2.13 bits per heavy atom. The van der Waals surface area contributed by atoms with E-state index in [2.05, 4.69) is 11.9 Å². The van der Waals surface area contributed by atoms with Crippen LogP contribution in [0.25, 0.3) is 10.9 Å². The van der Waals surface area contributed by atoms with Crippen LogP contribution in [0.2, 0.25) is 5.15 Å². The molecular formula is C12H12ClNO. The van der Waals surface area contributed by atoms with Gasteiger partial charge in [-0.2, -0.15) is 0 Å². The number of nitrogens with zero attached hydrogens (tertiary/aromatic N) is 1. The van der Waals surface area contributed by atoms with Crippen LogP contribution < -0.4 is 4.74 Å². The molecule has 0 radical (unpaired) electrons. The van der Waals surface area contributed by atoms with Gasteiger partial charge in [-0.15, -0.1) is 0 Å². The average Bonchev–Trinajstić information content (AvgIpc) is 2.26. The van der Waals surface area contributed by atoms with E-state index in [-0.39, 0.29) is 0 Å². The molecule has 3 heteroatoms. The van der Waals surface area contributed by atoms with E-state index in [0.29, 0.717) is 5.15 Å². The zero-order chi connectivity index (χ0) is 10.7. The molecule has 0 fully saturated rings. The second-order valence-electron chi connectivity index (χ2n) is 3.34. The summed E-state index contributed by atoms with van der Waals surface area (Å²) in [6.07, 6.45) is 1.01. The van der Waals surface area contributed by atoms with Crippen molar-refractivity contribution in [1.82, 2.24) is 4.98 Å². The molecule has 0 saturated heterocycles. The number of hydrogen-bond donors (Lipinski definition) is 0. The molecule has 1 aromatic heterocycles. The molecule has 0 aliphatic carbocycles. The highest BCUT2D eigenvalue weighted by atomic mass is 35.5. The molecule has 0 N–H and O–H groups in total. The lowest BCUT2D eigenvalue weighted by atomic mass is 10.2. The third-order valence-corrected chi connectivity index (χ3v) is 2.31. The van der Waals surface area contributed by atoms with Gasteiger partial charge in [0.05, 0.1) is 12.1 Å². The second-order valence-corrected chi connectivity index (χ2v) is 3.72. The van der Waals surface area contributed by atoms with Crippen LogP contribution in [0.4, 0.5) is 0 Å². The Morgan fingerprint density at radius 1 is 1.27 bits per heavy atom. The normalized spacial score (nSPS) is 10.5. The summed E-state index contributed by atoms with van der Waals surface area (Å²) < 4.78 is 5.53. The lowest BCUT2D eigenvalue weighted by Crippen LogP contribution is -1.94. The van der Waals surface area contributed by atoms with E-state index in [0.717, 1.165) is 29.7 Å². The number of benzene rings is 1. The van der Waals surface area contributed by atoms with Crippen LogP contribution >= 0.6 is 11.6 Å². The Kier molecular flexibility index (Phi) is 3.07. The minimum Gasteiger partial charge on any atom is -0.494 e. The predicted octanol–water partition coefficient (Wildman–Crippen LogP) is 3.68. The standard InChI is InChI=1S/C12H12ClNO/c1-2-7-15-10-4-5-11-9(8-10)3-6-12(13)14-11/h3-6,8H,2,7H2,1H3. The third-order valence-electron chi connectivity index (χ3n) is 2.10. The molecule has 0 saturated carbocycles. The molecule has 0 bridgehead atoms. The number of fused-ring (bicyclic) bond motifs is 1. The fraction of sp³-hybridized carbons (Fsp3) is 0.250. The Bertz CT molecular complexity index is 470. The van der Waals surface area contributed by atoms with Gasteiger partial charge in [0.15, 0.2) is 0 Å². The molecule has 2 rings (SSSR count). The van der Waals surface area contributed by atoms with Crippen molar-refractivity contribution in [3.8, 4) is 5.75 Å². The van der Waals surface area contributed by atoms with Crippen molar-refractivity contribution >= 4 is 22.5 Å². The van der Waals surface area contributed by atoms with Crippen molar-refractivity contribution in [2.24, 2.45) is 0 Å². The molecule has 0 unspecified atom stereocenters. The van der Waals surface area contributed by atoms with Crippen molar-refractivity contribution in [3.05, 3.63) is 35.5 Å². The quantitative estimate of drug-likeness (QED) is 0.738. The van der Waals surface area contributed by atoms with Gasteiger partial charge >= 0.3 is 0 Å². The third kappa shape index (κ3) is 2.39. The maximum atomic E-state index is 5.80. The number of hydrogen-bond acceptors (Lipinski definition) is 2. The lowest BCUT2D eigenvalue weighted by Gasteiger charge is -2.05. The number of aromatic nitrogens is 1. The summed E-state index contributed by atoms with van der Waals surface area (Å²) in [6, 6.07) is 9.55. The number of rotatable bonds is 3. The second kappa shape index (κ2) is 4.49. The molecule has 1 aromatic carbocycles. The fourth-order valence-corrected chi connectivity index (χ4v) is 1.54. The van der Waals surface area contributed by atoms with Gasteiger partial charge in [-0.3, -0.25) is 0 Å². The molecule has 0 spiro atoms. The van der Waals surface area contributed by atoms with E-state index >= 15 is 0 Å². The molecule has 0 aliphatic rings. The van der Waals surface area contributed by atoms with Gasteiger partial charge in [-0.1, -0.05) is 18.5 Å². The largest absolute Gasteiger partial charge is 0.494 e. The minimum atomic E-state index is 0.518. The van der Waals surface area contributed by atoms with Crippen molar-refractivity contribution in [1.29, 1.82) is 0 Å². The van der Waals surface area contributed by atoms with Crippen molar-refractivity contribution in [2.75, 3.05) is 6.61 Å². The summed E-state index contributed by atoms with van der Waals surface area (Å²) in [7, 11) is 0. The zero-order valence-electron chi connectivity index (χ0n) is 8.53. The average molecular weight is 222 g/mol. The Morgan fingerprint density at radius 3 is 2.93 bits per heavy atom. The van der Waals surface area contributed by atoms with Crippen LogP contribution in [0, 0.1) is 0 Å². The first kappa shape index (κ1) is 10.2. The van der Waals surface area contributed by atoms with Gasteiger partial charge in [0.2, 0.25) is 0 Å². The smallest absolute Gasteiger partial charge is 0.129 e. The number of ether oxygens (including phenoxy) is 1. The van der Waals surface area contributed by atoms with Crippen LogP contribution in [0.5, 0.6) is 5.75 Å². The highest BCUT2D eigenvalue weighted by Gasteiger charge is 1.99. The SMILES string of the molecule is CCCOc1ccc2nc(Cl)ccc2c1. The van der Waals surface area contributed by atoms with Gasteiger partial charge < -0.3 is 4.74 Å². The van der Waals surface area contributed by atoms with E-state index in [1.165, 1.54) is 0 Å². The summed E-state index contributed by atoms with van der Waals surface area (Å²) in [6.45, 7) is 2.83. The fourth-order valence-electron chi connectivity index (χ4n) is 1.39. The minimum absolute atomic E-state index is 0.518. The Hall–Kier alpha value is -1.28. The first-order valence-electron chi connectivity index (χ1n) is 4.98. The molecule has 15 heavy (non-hydrogen) atoms. The first-order valence-corrected chi connectivity index (χ1v) is 5.36. The van der Waals surface area contributed by atoms with E-state index < -0.39 is 0 Å². The topological polar surface area (TPSA) is 22.1 Å². The predicted molar refractivity (Wildman–Crippen MR) is 62.5 cm³/mol. The summed E-state index contributed by atoms with van der Waals surface area (Å²) in [4.78, 5) is 4.21. The monoisotopic (exact) mass is 221 g/mol. The van der Waals surface area contributed by atoms with Gasteiger partial charge in [0, 0.05) is 5.39 Å². The summed E-state index contributed by atoms with van der Waals surface area (Å²) >= 11 is 5.80. The molecule has 2 aromatic rings. The Balaban J connectivity index is 2.34. The maximum absolute atomic E-state index is 5.80. The van der Waals surface area contributed by atoms with Gasteiger partial charge in [-0.05, 0) is 36.8 Å². The molecule has 0 atom stereocenters. The van der Waals surface area contributed by atoms with E-state index in [1.807, 2.05) is 24.3 Å². The summed E-state index contributed by atoms with van der Waals surface area (Å²) in [5, 5.41) is 1.57. The van der Waals surface area contributed by atoms with Crippen LogP contribution in [0.1, 0.15) is 13.3 Å². The van der Waals surface area contributed by atoms with Crippen LogP contribution in [0.3, 0.4) is 0 Å². The molecule has 2 nitrogen and oxygen atoms in total. The van der Waals surface area contributed by atoms with Crippen molar-refractivity contribution in [3.63, 3.8) is 0 Å². The van der Waals surface area contributed by atoms with E-state index in [1.54, 1.807) is 6.07 Å². The highest BCUT2D eigenvalue weighted by molar-refractivity contribution is 6.29. The van der Waals surface area contributed by atoms with Crippen molar-refractivity contribution in [2.45, 2.75) is 13.3 Å². The maximum Gasteiger partial charge on any atom is 0.129 e. The van der Waals surface area contributed by atoms with Crippen LogP contribution in [-0.4, -0.2) is 11.6 Å². The van der Waals surface area contributed by atoms with Crippen molar-refractivity contribution < 1.29 is 4.74 Å². The Labute approximate surface area is 93.8 Å². The molecule has 0 amide bonds. The molecule has 1 heterocycles. The molecule has 0 aliphatic heterocycles. The van der Waals surface area contributed by atoms with Gasteiger partial charge in [0.25, 0.3) is 0 Å². The number of halogens is 1. The lowest BCUT2D eigenvalue weighted by molar-refractivity contribution is 0.318. The van der Waals surface area contributed by atoms with Crippen LogP contribution in [0.15, 0.2) is 30.3 Å². The first-order chi connectivity index (χ1) is 7.29. The number of pyridine rings is 1. The van der Waals surface area contributed by atoms with E-state index in [9.17, 15) is 0 Å². The highest BCUT2D eigenvalue weighted by Crippen LogP contribution is 2.21. The van der Waals surface area contributed by atoms with Gasteiger partial charge in [0.1, 0.15) is 10.9 Å². The van der Waals surface area contributed by atoms with E-state index in [4.69, 9.17) is 16.3 Å². The zero-order valence-corrected chi connectivity index (χ0v) is 9.29. The van der Waals surface area contributed by atoms with Gasteiger partial charge in [-0.25, -0.2) is 4.98 Å². The molecule has 78 valence electrons. The van der Waals surface area contributed by atoms with Crippen LogP contribution in [-0.2, 0) is 0 Å². The molecular weight excluding hydrogens is 210 g/mol.